The maximum Gasteiger partial charge on any atom is 0.316 e. The summed E-state index contributed by atoms with van der Waals surface area (Å²) in [4.78, 5) is 8.69. The topological polar surface area (TPSA) is 47.0 Å². The van der Waals surface area contributed by atoms with Gasteiger partial charge in [0.15, 0.2) is 0 Å². The van der Waals surface area contributed by atoms with Crippen molar-refractivity contribution < 1.29 is 4.74 Å². The second-order valence-electron chi connectivity index (χ2n) is 4.67. The van der Waals surface area contributed by atoms with Crippen LogP contribution < -0.4 is 10.1 Å². The largest absolute Gasteiger partial charge is 0.460 e. The summed E-state index contributed by atoms with van der Waals surface area (Å²) in [5, 5.41) is 3.10. The molecule has 1 aromatic heterocycles. The van der Waals surface area contributed by atoms with Gasteiger partial charge in [-0.05, 0) is 39.7 Å². The van der Waals surface area contributed by atoms with E-state index >= 15 is 0 Å². The Labute approximate surface area is 103 Å². The van der Waals surface area contributed by atoms with Gasteiger partial charge in [-0.25, -0.2) is 9.97 Å². The summed E-state index contributed by atoms with van der Waals surface area (Å²) in [6, 6.07) is 0.536. The summed E-state index contributed by atoms with van der Waals surface area (Å²) in [5.41, 5.74) is 2.13. The van der Waals surface area contributed by atoms with Crippen LogP contribution in [0.4, 0.5) is 0 Å². The van der Waals surface area contributed by atoms with Crippen molar-refractivity contribution in [3.8, 4) is 6.01 Å². The van der Waals surface area contributed by atoms with E-state index in [1.54, 1.807) is 0 Å². The number of ether oxygens (including phenoxy) is 1. The molecule has 0 unspecified atom stereocenters. The second kappa shape index (κ2) is 5.96. The van der Waals surface area contributed by atoms with E-state index in [0.29, 0.717) is 12.1 Å². The first-order valence-corrected chi connectivity index (χ1v) is 6.43. The highest BCUT2D eigenvalue weighted by molar-refractivity contribution is 5.17. The molecule has 1 heterocycles. The minimum atomic E-state index is 0.318. The van der Waals surface area contributed by atoms with Crippen LogP contribution in [-0.2, 0) is 6.54 Å². The second-order valence-corrected chi connectivity index (χ2v) is 4.67. The molecule has 0 atom stereocenters. The Kier molecular flexibility index (Phi) is 4.31. The van der Waals surface area contributed by atoms with Gasteiger partial charge in [-0.2, -0.15) is 0 Å². The van der Waals surface area contributed by atoms with Crippen molar-refractivity contribution in [2.24, 2.45) is 0 Å². The number of nitrogens with zero attached hydrogens (tertiary/aromatic N) is 2. The van der Waals surface area contributed by atoms with Gasteiger partial charge in [0.2, 0.25) is 0 Å². The van der Waals surface area contributed by atoms with Crippen LogP contribution in [0.25, 0.3) is 0 Å². The zero-order valence-corrected chi connectivity index (χ0v) is 10.7. The van der Waals surface area contributed by atoms with Crippen LogP contribution in [0.5, 0.6) is 6.01 Å². The maximum atomic E-state index is 5.83. The smallest absolute Gasteiger partial charge is 0.316 e. The van der Waals surface area contributed by atoms with Gasteiger partial charge in [-0.1, -0.05) is 6.42 Å². The van der Waals surface area contributed by atoms with E-state index < -0.39 is 0 Å². The molecule has 1 fully saturated rings. The van der Waals surface area contributed by atoms with Crippen LogP contribution in [0.3, 0.4) is 0 Å². The molecule has 1 aromatic rings. The molecule has 4 nitrogen and oxygen atoms in total. The lowest BCUT2D eigenvalue weighted by Gasteiger charge is -2.21. The summed E-state index contributed by atoms with van der Waals surface area (Å²) in [5.74, 6) is 0. The molecule has 0 aliphatic heterocycles. The molecule has 0 amide bonds. The Morgan fingerprint density at radius 1 is 1.35 bits per heavy atom. The third-order valence-corrected chi connectivity index (χ3v) is 3.25. The lowest BCUT2D eigenvalue weighted by atomic mass is 9.98. The number of hydrogen-bond acceptors (Lipinski definition) is 4. The van der Waals surface area contributed by atoms with Gasteiger partial charge >= 0.3 is 6.01 Å². The number of hydrogen-bond donors (Lipinski definition) is 1. The van der Waals surface area contributed by atoms with E-state index in [0.717, 1.165) is 30.6 Å². The average molecular weight is 235 g/mol. The predicted octanol–water partition coefficient (Wildman–Crippen LogP) is 2.22. The minimum absolute atomic E-state index is 0.318. The molecule has 0 spiro atoms. The summed E-state index contributed by atoms with van der Waals surface area (Å²) in [6.07, 6.45) is 8.32. The van der Waals surface area contributed by atoms with E-state index in [1.807, 2.05) is 20.2 Å². The Balaban J connectivity index is 1.98. The molecule has 0 saturated heterocycles. The monoisotopic (exact) mass is 235 g/mol. The average Bonchev–Trinajstić information content (AvgIpc) is 2.34. The molecule has 0 aromatic carbocycles. The van der Waals surface area contributed by atoms with Crippen molar-refractivity contribution in [3.05, 3.63) is 17.5 Å². The van der Waals surface area contributed by atoms with Crippen LogP contribution >= 0.6 is 0 Å². The first-order chi connectivity index (χ1) is 8.29. The van der Waals surface area contributed by atoms with Crippen LogP contribution in [0, 0.1) is 6.92 Å². The lowest BCUT2D eigenvalue weighted by molar-refractivity contribution is 0.141. The van der Waals surface area contributed by atoms with E-state index in [9.17, 15) is 0 Å². The fourth-order valence-corrected chi connectivity index (χ4v) is 2.22. The third-order valence-electron chi connectivity index (χ3n) is 3.25. The molecule has 2 rings (SSSR count). The number of aryl methyl sites for hydroxylation is 1. The SMILES string of the molecule is CNCc1cnc(OC2CCCCC2)nc1C. The standard InChI is InChI=1S/C13H21N3O/c1-10-11(8-14-2)9-15-13(16-10)17-12-6-4-3-5-7-12/h9,12,14H,3-8H2,1-2H3. The molecule has 1 saturated carbocycles. The van der Waals surface area contributed by atoms with Crippen molar-refractivity contribution in [2.45, 2.75) is 51.7 Å². The van der Waals surface area contributed by atoms with Crippen molar-refractivity contribution >= 4 is 0 Å². The van der Waals surface area contributed by atoms with Gasteiger partial charge < -0.3 is 10.1 Å². The Morgan fingerprint density at radius 3 is 2.76 bits per heavy atom. The van der Waals surface area contributed by atoms with Gasteiger partial charge in [0.25, 0.3) is 0 Å². The van der Waals surface area contributed by atoms with Crippen LogP contribution in [0.2, 0.25) is 0 Å². The van der Waals surface area contributed by atoms with Gasteiger partial charge in [-0.15, -0.1) is 0 Å². The van der Waals surface area contributed by atoms with Gasteiger partial charge in [-0.3, -0.25) is 0 Å². The first-order valence-electron chi connectivity index (χ1n) is 6.43. The summed E-state index contributed by atoms with van der Waals surface area (Å²) in [7, 11) is 1.92. The van der Waals surface area contributed by atoms with Crippen molar-refractivity contribution in [1.29, 1.82) is 0 Å². The van der Waals surface area contributed by atoms with E-state index in [-0.39, 0.29) is 0 Å². The maximum absolute atomic E-state index is 5.83. The fraction of sp³-hybridized carbons (Fsp3) is 0.692. The fourth-order valence-electron chi connectivity index (χ4n) is 2.22. The summed E-state index contributed by atoms with van der Waals surface area (Å²) < 4.78 is 5.83. The van der Waals surface area contributed by atoms with Crippen LogP contribution in [0.15, 0.2) is 6.20 Å². The Bertz CT molecular complexity index is 362. The molecule has 1 aliphatic rings. The predicted molar refractivity (Wildman–Crippen MR) is 67.0 cm³/mol. The normalized spacial score (nSPS) is 17.1. The minimum Gasteiger partial charge on any atom is -0.460 e. The number of aromatic nitrogens is 2. The highest BCUT2D eigenvalue weighted by atomic mass is 16.5. The van der Waals surface area contributed by atoms with Crippen LogP contribution in [0.1, 0.15) is 43.4 Å². The quantitative estimate of drug-likeness (QED) is 0.869. The molecule has 1 N–H and O–H groups in total. The summed E-state index contributed by atoms with van der Waals surface area (Å²) >= 11 is 0. The molecule has 4 heteroatoms. The third kappa shape index (κ3) is 3.40. The van der Waals surface area contributed by atoms with Crippen molar-refractivity contribution in [2.75, 3.05) is 7.05 Å². The molecule has 1 aliphatic carbocycles. The molecule has 94 valence electrons. The zero-order chi connectivity index (χ0) is 12.1. The molecule has 17 heavy (non-hydrogen) atoms. The van der Waals surface area contributed by atoms with Crippen LogP contribution in [-0.4, -0.2) is 23.1 Å². The lowest BCUT2D eigenvalue weighted by Crippen LogP contribution is -2.21. The van der Waals surface area contributed by atoms with E-state index in [1.165, 1.54) is 19.3 Å². The Morgan fingerprint density at radius 2 is 2.12 bits per heavy atom. The highest BCUT2D eigenvalue weighted by Gasteiger charge is 2.16. The molecular formula is C13H21N3O. The van der Waals surface area contributed by atoms with E-state index in [2.05, 4.69) is 15.3 Å². The molecule has 0 bridgehead atoms. The van der Waals surface area contributed by atoms with Gasteiger partial charge in [0, 0.05) is 24.0 Å². The Hall–Kier alpha value is -1.16. The first kappa shape index (κ1) is 12.3. The molecule has 0 radical (unpaired) electrons. The number of nitrogens with one attached hydrogen (secondary N) is 1. The van der Waals surface area contributed by atoms with Crippen molar-refractivity contribution in [3.63, 3.8) is 0 Å². The van der Waals surface area contributed by atoms with Gasteiger partial charge in [0.05, 0.1) is 0 Å². The van der Waals surface area contributed by atoms with Gasteiger partial charge in [0.1, 0.15) is 6.10 Å². The van der Waals surface area contributed by atoms with E-state index in [4.69, 9.17) is 4.74 Å². The molecular weight excluding hydrogens is 214 g/mol. The summed E-state index contributed by atoms with van der Waals surface area (Å²) in [6.45, 7) is 2.80. The number of rotatable bonds is 4. The van der Waals surface area contributed by atoms with Crippen molar-refractivity contribution in [1.82, 2.24) is 15.3 Å². The highest BCUT2D eigenvalue weighted by Crippen LogP contribution is 2.21. The zero-order valence-electron chi connectivity index (χ0n) is 10.7.